The second-order valence-corrected chi connectivity index (χ2v) is 7.83. The molecular weight excluding hydrogens is 356 g/mol. The number of piperidine rings is 1. The van der Waals surface area contributed by atoms with Crippen LogP contribution in [0.4, 0.5) is 0 Å². The summed E-state index contributed by atoms with van der Waals surface area (Å²) in [5.74, 6) is 1.34. The van der Waals surface area contributed by atoms with Crippen LogP contribution in [0.15, 0.2) is 28.8 Å². The molecule has 0 aliphatic carbocycles. The summed E-state index contributed by atoms with van der Waals surface area (Å²) in [6.45, 7) is 5.73. The van der Waals surface area contributed by atoms with Crippen LogP contribution in [0, 0.1) is 12.8 Å². The third-order valence-electron chi connectivity index (χ3n) is 5.54. The van der Waals surface area contributed by atoms with Gasteiger partial charge in [-0.2, -0.15) is 4.98 Å². The Balaban J connectivity index is 1.30. The Morgan fingerprint density at radius 2 is 2.11 bits per heavy atom. The number of carbonyl (C=O) groups excluding carboxylic acids is 1. The van der Waals surface area contributed by atoms with Crippen molar-refractivity contribution < 1.29 is 14.1 Å². The van der Waals surface area contributed by atoms with Gasteiger partial charge in [-0.1, -0.05) is 35.0 Å². The van der Waals surface area contributed by atoms with Crippen LogP contribution >= 0.6 is 0 Å². The first kappa shape index (κ1) is 19.1. The van der Waals surface area contributed by atoms with Crippen LogP contribution in [0.3, 0.4) is 0 Å². The predicted octanol–water partition coefficient (Wildman–Crippen LogP) is 2.55. The van der Waals surface area contributed by atoms with Gasteiger partial charge < -0.3 is 14.6 Å². The second-order valence-electron chi connectivity index (χ2n) is 7.83. The molecule has 0 spiro atoms. The molecule has 2 aliphatic rings. The molecule has 0 bridgehead atoms. The molecule has 2 unspecified atom stereocenters. The summed E-state index contributed by atoms with van der Waals surface area (Å²) in [5, 5.41) is 7.17. The summed E-state index contributed by atoms with van der Waals surface area (Å²) in [7, 11) is 0. The van der Waals surface area contributed by atoms with Crippen LogP contribution in [-0.4, -0.2) is 53.3 Å². The lowest BCUT2D eigenvalue weighted by Gasteiger charge is -2.31. The van der Waals surface area contributed by atoms with Gasteiger partial charge >= 0.3 is 0 Å². The standard InChI is InChI=1S/C21H28N4O3/c1-15-6-8-16(9-7-15)20-23-19(28-24-20)14-25-10-2-4-17(13-25)21(26)22-12-18-5-3-11-27-18/h6-9,17-18H,2-5,10-14H2,1H3,(H,22,26). The van der Waals surface area contributed by atoms with E-state index in [1.54, 1.807) is 0 Å². The third kappa shape index (κ3) is 4.77. The summed E-state index contributed by atoms with van der Waals surface area (Å²) in [5.41, 5.74) is 2.15. The summed E-state index contributed by atoms with van der Waals surface area (Å²) < 4.78 is 11.0. The molecule has 1 aromatic heterocycles. The van der Waals surface area contributed by atoms with Gasteiger partial charge in [-0.3, -0.25) is 9.69 Å². The van der Waals surface area contributed by atoms with Gasteiger partial charge in [0.05, 0.1) is 18.6 Å². The van der Waals surface area contributed by atoms with Crippen molar-refractivity contribution in [1.82, 2.24) is 20.4 Å². The minimum absolute atomic E-state index is 0.00893. The highest BCUT2D eigenvalue weighted by Gasteiger charge is 2.27. The number of nitrogens with zero attached hydrogens (tertiary/aromatic N) is 3. The zero-order chi connectivity index (χ0) is 19.3. The van der Waals surface area contributed by atoms with Gasteiger partial charge in [-0.25, -0.2) is 0 Å². The number of aromatic nitrogens is 2. The minimum atomic E-state index is 0.00893. The Morgan fingerprint density at radius 3 is 2.89 bits per heavy atom. The number of ether oxygens (including phenoxy) is 1. The van der Waals surface area contributed by atoms with E-state index in [0.717, 1.165) is 50.9 Å². The number of nitrogens with one attached hydrogen (secondary N) is 1. The lowest BCUT2D eigenvalue weighted by atomic mass is 9.97. The Kier molecular flexibility index (Phi) is 6.02. The largest absolute Gasteiger partial charge is 0.376 e. The van der Waals surface area contributed by atoms with Crippen LogP contribution in [0.2, 0.25) is 0 Å². The van der Waals surface area contributed by atoms with Crippen molar-refractivity contribution in [2.24, 2.45) is 5.92 Å². The number of likely N-dealkylation sites (tertiary alicyclic amines) is 1. The maximum atomic E-state index is 12.5. The number of amides is 1. The van der Waals surface area contributed by atoms with Gasteiger partial charge in [0.2, 0.25) is 17.6 Å². The SMILES string of the molecule is Cc1ccc(-c2noc(CN3CCCC(C(=O)NCC4CCCO4)C3)n2)cc1. The molecule has 1 amide bonds. The van der Waals surface area contributed by atoms with E-state index in [-0.39, 0.29) is 17.9 Å². The smallest absolute Gasteiger partial charge is 0.241 e. The molecule has 2 aromatic rings. The van der Waals surface area contributed by atoms with Crippen LogP contribution in [0.1, 0.15) is 37.1 Å². The molecule has 2 atom stereocenters. The van der Waals surface area contributed by atoms with E-state index in [1.165, 1.54) is 5.56 Å². The fourth-order valence-electron chi connectivity index (χ4n) is 3.91. The number of carbonyl (C=O) groups is 1. The van der Waals surface area contributed by atoms with Crippen LogP contribution in [0.5, 0.6) is 0 Å². The molecule has 7 nitrogen and oxygen atoms in total. The molecule has 2 saturated heterocycles. The summed E-state index contributed by atoms with van der Waals surface area (Å²) in [6.07, 6.45) is 4.23. The first-order valence-corrected chi connectivity index (χ1v) is 10.2. The Bertz CT molecular complexity index is 783. The van der Waals surface area contributed by atoms with Crippen molar-refractivity contribution in [2.45, 2.75) is 45.3 Å². The average molecular weight is 384 g/mol. The number of hydrogen-bond acceptors (Lipinski definition) is 6. The highest BCUT2D eigenvalue weighted by molar-refractivity contribution is 5.79. The molecular formula is C21H28N4O3. The molecule has 7 heteroatoms. The van der Waals surface area contributed by atoms with Crippen LogP contribution in [0.25, 0.3) is 11.4 Å². The van der Waals surface area contributed by atoms with Gasteiger partial charge in [-0.15, -0.1) is 0 Å². The van der Waals surface area contributed by atoms with Crippen molar-refractivity contribution >= 4 is 5.91 Å². The van der Waals surface area contributed by atoms with E-state index >= 15 is 0 Å². The Hall–Kier alpha value is -2.25. The lowest BCUT2D eigenvalue weighted by molar-refractivity contribution is -0.127. The van der Waals surface area contributed by atoms with E-state index in [0.29, 0.717) is 24.8 Å². The first-order valence-electron chi connectivity index (χ1n) is 10.2. The third-order valence-corrected chi connectivity index (χ3v) is 5.54. The van der Waals surface area contributed by atoms with Crippen molar-refractivity contribution in [2.75, 3.05) is 26.2 Å². The van der Waals surface area contributed by atoms with Crippen molar-refractivity contribution in [3.05, 3.63) is 35.7 Å². The molecule has 0 radical (unpaired) electrons. The number of benzene rings is 1. The summed E-state index contributed by atoms with van der Waals surface area (Å²) >= 11 is 0. The first-order chi connectivity index (χ1) is 13.7. The fraction of sp³-hybridized carbons (Fsp3) is 0.571. The Labute approximate surface area is 165 Å². The highest BCUT2D eigenvalue weighted by atomic mass is 16.5. The normalized spacial score (nSPS) is 23.0. The van der Waals surface area contributed by atoms with E-state index in [9.17, 15) is 4.79 Å². The topological polar surface area (TPSA) is 80.5 Å². The van der Waals surface area contributed by atoms with Gasteiger partial charge in [0.15, 0.2) is 0 Å². The van der Waals surface area contributed by atoms with E-state index in [1.807, 2.05) is 24.3 Å². The fourth-order valence-corrected chi connectivity index (χ4v) is 3.91. The quantitative estimate of drug-likeness (QED) is 0.824. The van der Waals surface area contributed by atoms with E-state index < -0.39 is 0 Å². The number of aryl methyl sites for hydroxylation is 1. The number of hydrogen-bond donors (Lipinski definition) is 1. The zero-order valence-electron chi connectivity index (χ0n) is 16.4. The van der Waals surface area contributed by atoms with Crippen molar-refractivity contribution in [1.29, 1.82) is 0 Å². The zero-order valence-corrected chi connectivity index (χ0v) is 16.4. The van der Waals surface area contributed by atoms with Crippen LogP contribution in [-0.2, 0) is 16.1 Å². The highest BCUT2D eigenvalue weighted by Crippen LogP contribution is 2.21. The number of rotatable bonds is 6. The van der Waals surface area contributed by atoms with Crippen LogP contribution < -0.4 is 5.32 Å². The molecule has 2 fully saturated rings. The van der Waals surface area contributed by atoms with Gasteiger partial charge in [0.1, 0.15) is 0 Å². The summed E-state index contributed by atoms with van der Waals surface area (Å²) in [6, 6.07) is 8.07. The van der Waals surface area contributed by atoms with Crippen molar-refractivity contribution in [3.63, 3.8) is 0 Å². The maximum absolute atomic E-state index is 12.5. The summed E-state index contributed by atoms with van der Waals surface area (Å²) in [4.78, 5) is 19.3. The minimum Gasteiger partial charge on any atom is -0.376 e. The molecule has 1 aromatic carbocycles. The predicted molar refractivity (Wildman–Crippen MR) is 104 cm³/mol. The lowest BCUT2D eigenvalue weighted by Crippen LogP contribution is -2.44. The van der Waals surface area contributed by atoms with E-state index in [2.05, 4.69) is 27.3 Å². The monoisotopic (exact) mass is 384 g/mol. The second kappa shape index (κ2) is 8.84. The molecule has 4 rings (SSSR count). The van der Waals surface area contributed by atoms with E-state index in [4.69, 9.17) is 9.26 Å². The molecule has 28 heavy (non-hydrogen) atoms. The molecule has 2 aliphatic heterocycles. The molecule has 150 valence electrons. The maximum Gasteiger partial charge on any atom is 0.241 e. The molecule has 1 N–H and O–H groups in total. The molecule has 0 saturated carbocycles. The Morgan fingerprint density at radius 1 is 1.25 bits per heavy atom. The van der Waals surface area contributed by atoms with Gasteiger partial charge in [-0.05, 0) is 39.2 Å². The van der Waals surface area contributed by atoms with Gasteiger partial charge in [0, 0.05) is 25.3 Å². The average Bonchev–Trinajstić information content (AvgIpc) is 3.39. The van der Waals surface area contributed by atoms with Gasteiger partial charge in [0.25, 0.3) is 0 Å². The molecule has 3 heterocycles. The van der Waals surface area contributed by atoms with Crippen molar-refractivity contribution in [3.8, 4) is 11.4 Å².